The van der Waals surface area contributed by atoms with Gasteiger partial charge in [-0.3, -0.25) is 30.2 Å². The first kappa shape index (κ1) is 20.4. The number of anilines is 1. The van der Waals surface area contributed by atoms with Crippen molar-refractivity contribution >= 4 is 35.0 Å². The lowest BCUT2D eigenvalue weighted by atomic mass is 10.0. The molecule has 1 atom stereocenters. The van der Waals surface area contributed by atoms with Gasteiger partial charge in [0.25, 0.3) is 5.91 Å². The van der Waals surface area contributed by atoms with Gasteiger partial charge in [-0.1, -0.05) is 24.6 Å². The summed E-state index contributed by atoms with van der Waals surface area (Å²) < 4.78 is 0. The molecule has 7 nitrogen and oxygen atoms in total. The lowest BCUT2D eigenvalue weighted by molar-refractivity contribution is -0.123. The normalized spacial score (nSPS) is 11.4. The second-order valence-electron chi connectivity index (χ2n) is 6.27. The van der Waals surface area contributed by atoms with Gasteiger partial charge in [-0.25, -0.2) is 0 Å². The van der Waals surface area contributed by atoms with E-state index in [0.717, 1.165) is 5.56 Å². The van der Waals surface area contributed by atoms with Crippen LogP contribution in [-0.4, -0.2) is 22.7 Å². The number of benzene rings is 1. The molecule has 27 heavy (non-hydrogen) atoms. The first-order valence-corrected chi connectivity index (χ1v) is 8.78. The summed E-state index contributed by atoms with van der Waals surface area (Å²) in [5.41, 5.74) is 6.51. The van der Waals surface area contributed by atoms with Crippen LogP contribution in [0.4, 0.5) is 5.69 Å². The maximum atomic E-state index is 12.1. The molecule has 1 unspecified atom stereocenters. The molecule has 0 aliphatic rings. The van der Waals surface area contributed by atoms with Crippen molar-refractivity contribution in [1.29, 1.82) is 0 Å². The highest BCUT2D eigenvalue weighted by Crippen LogP contribution is 2.20. The number of nitrogens with zero attached hydrogens (tertiary/aromatic N) is 1. The van der Waals surface area contributed by atoms with Crippen LogP contribution in [0.3, 0.4) is 0 Å². The zero-order valence-corrected chi connectivity index (χ0v) is 15.8. The summed E-state index contributed by atoms with van der Waals surface area (Å²) in [4.78, 5) is 39.7. The molecule has 2 rings (SSSR count). The molecule has 1 aromatic heterocycles. The minimum atomic E-state index is -0.460. The molecular weight excluding hydrogens is 368 g/mol. The van der Waals surface area contributed by atoms with Crippen molar-refractivity contribution in [3.63, 3.8) is 0 Å². The summed E-state index contributed by atoms with van der Waals surface area (Å²) in [6.45, 7) is 3.66. The van der Waals surface area contributed by atoms with Gasteiger partial charge < -0.3 is 5.32 Å². The Balaban J connectivity index is 1.74. The van der Waals surface area contributed by atoms with Crippen LogP contribution in [0.5, 0.6) is 0 Å². The van der Waals surface area contributed by atoms with Crippen LogP contribution in [-0.2, 0) is 9.59 Å². The number of rotatable bonds is 6. The van der Waals surface area contributed by atoms with Gasteiger partial charge >= 0.3 is 0 Å². The van der Waals surface area contributed by atoms with E-state index in [9.17, 15) is 14.4 Å². The van der Waals surface area contributed by atoms with Gasteiger partial charge in [-0.2, -0.15) is 0 Å². The molecule has 0 radical (unpaired) electrons. The second-order valence-corrected chi connectivity index (χ2v) is 6.68. The van der Waals surface area contributed by atoms with Crippen LogP contribution >= 0.6 is 11.6 Å². The summed E-state index contributed by atoms with van der Waals surface area (Å²) in [7, 11) is 0. The maximum absolute atomic E-state index is 12.1. The second kappa shape index (κ2) is 9.68. The lowest BCUT2D eigenvalue weighted by Crippen LogP contribution is -2.42. The van der Waals surface area contributed by atoms with Gasteiger partial charge in [0.05, 0.1) is 5.56 Å². The highest BCUT2D eigenvalue weighted by Gasteiger charge is 2.15. The van der Waals surface area contributed by atoms with E-state index in [1.165, 1.54) is 6.20 Å². The van der Waals surface area contributed by atoms with Crippen molar-refractivity contribution in [3.8, 4) is 0 Å². The van der Waals surface area contributed by atoms with Gasteiger partial charge in [0.1, 0.15) is 0 Å². The third-order valence-corrected chi connectivity index (χ3v) is 4.17. The number of hydrogen-bond donors (Lipinski definition) is 3. The average Bonchev–Trinajstić information content (AvgIpc) is 2.63. The lowest BCUT2D eigenvalue weighted by Gasteiger charge is -2.13. The molecule has 0 aliphatic heterocycles. The molecule has 1 heterocycles. The molecule has 3 amide bonds. The number of carbonyl (C=O) groups is 3. The van der Waals surface area contributed by atoms with E-state index in [1.807, 2.05) is 13.0 Å². The number of amides is 3. The zero-order chi connectivity index (χ0) is 19.8. The number of hydrazine groups is 1. The quantitative estimate of drug-likeness (QED) is 0.662. The van der Waals surface area contributed by atoms with Gasteiger partial charge in [0.15, 0.2) is 0 Å². The molecule has 0 aliphatic carbocycles. The first-order valence-electron chi connectivity index (χ1n) is 8.40. The fourth-order valence-corrected chi connectivity index (χ4v) is 2.52. The SMILES string of the molecule is Cc1ccc(NC(=O)CC(C)CC(=O)NNC(=O)c2cccnc2)cc1Cl. The fraction of sp³-hybridized carbons (Fsp3) is 0.263. The fourth-order valence-electron chi connectivity index (χ4n) is 2.33. The summed E-state index contributed by atoms with van der Waals surface area (Å²) in [6.07, 6.45) is 3.20. The Morgan fingerprint density at radius 2 is 1.85 bits per heavy atom. The zero-order valence-electron chi connectivity index (χ0n) is 15.1. The molecular formula is C19H21ClN4O3. The van der Waals surface area contributed by atoms with Crippen molar-refractivity contribution in [1.82, 2.24) is 15.8 Å². The van der Waals surface area contributed by atoms with Gasteiger partial charge in [0, 0.05) is 35.9 Å². The van der Waals surface area contributed by atoms with E-state index in [1.54, 1.807) is 37.4 Å². The molecule has 0 saturated carbocycles. The third kappa shape index (κ3) is 6.71. The molecule has 0 saturated heterocycles. The molecule has 1 aromatic carbocycles. The number of pyridine rings is 1. The van der Waals surface area contributed by atoms with Crippen molar-refractivity contribution in [2.45, 2.75) is 26.7 Å². The summed E-state index contributed by atoms with van der Waals surface area (Å²) >= 11 is 6.03. The van der Waals surface area contributed by atoms with Crippen LogP contribution in [0.25, 0.3) is 0 Å². The molecule has 0 bridgehead atoms. The summed E-state index contributed by atoms with van der Waals surface area (Å²) in [5, 5.41) is 3.33. The highest BCUT2D eigenvalue weighted by atomic mass is 35.5. The number of nitrogens with one attached hydrogen (secondary N) is 3. The van der Waals surface area contributed by atoms with E-state index in [-0.39, 0.29) is 30.6 Å². The number of aromatic nitrogens is 1. The van der Waals surface area contributed by atoms with Crippen LogP contribution in [0.2, 0.25) is 5.02 Å². The van der Waals surface area contributed by atoms with Crippen LogP contribution in [0.15, 0.2) is 42.7 Å². The maximum Gasteiger partial charge on any atom is 0.271 e. The third-order valence-electron chi connectivity index (χ3n) is 3.76. The number of halogens is 1. The summed E-state index contributed by atoms with van der Waals surface area (Å²) in [5.74, 6) is -1.26. The Labute approximate surface area is 162 Å². The van der Waals surface area contributed by atoms with Gasteiger partial charge in [-0.05, 0) is 42.7 Å². The monoisotopic (exact) mass is 388 g/mol. The van der Waals surface area contributed by atoms with Gasteiger partial charge in [0.2, 0.25) is 11.8 Å². The predicted molar refractivity (Wildman–Crippen MR) is 103 cm³/mol. The predicted octanol–water partition coefficient (Wildman–Crippen LogP) is 2.86. The minimum absolute atomic E-state index is 0.0927. The Morgan fingerprint density at radius 1 is 1.11 bits per heavy atom. The smallest absolute Gasteiger partial charge is 0.271 e. The molecule has 8 heteroatoms. The Kier molecular flexibility index (Phi) is 7.31. The molecule has 142 valence electrons. The molecule has 0 spiro atoms. The van der Waals surface area contributed by atoms with Crippen molar-refractivity contribution in [3.05, 3.63) is 58.9 Å². The van der Waals surface area contributed by atoms with Crippen molar-refractivity contribution in [2.24, 2.45) is 5.92 Å². The van der Waals surface area contributed by atoms with E-state index in [0.29, 0.717) is 16.3 Å². The topological polar surface area (TPSA) is 100 Å². The average molecular weight is 389 g/mol. The molecule has 0 fully saturated rings. The Morgan fingerprint density at radius 3 is 2.52 bits per heavy atom. The van der Waals surface area contributed by atoms with Crippen molar-refractivity contribution < 1.29 is 14.4 Å². The van der Waals surface area contributed by atoms with Crippen LogP contribution < -0.4 is 16.2 Å². The van der Waals surface area contributed by atoms with E-state index in [2.05, 4.69) is 21.2 Å². The Bertz CT molecular complexity index is 827. The first-order chi connectivity index (χ1) is 12.8. The standard InChI is InChI=1S/C19H21ClN4O3/c1-12(8-17(25)22-15-6-5-13(2)16(20)10-15)9-18(26)23-24-19(27)14-4-3-7-21-11-14/h3-7,10-12H,8-9H2,1-2H3,(H,22,25)(H,23,26)(H,24,27). The minimum Gasteiger partial charge on any atom is -0.326 e. The molecule has 3 N–H and O–H groups in total. The van der Waals surface area contributed by atoms with E-state index >= 15 is 0 Å². The van der Waals surface area contributed by atoms with Gasteiger partial charge in [-0.15, -0.1) is 0 Å². The van der Waals surface area contributed by atoms with E-state index < -0.39 is 5.91 Å². The number of hydrogen-bond acceptors (Lipinski definition) is 4. The Hall–Kier alpha value is -2.93. The largest absolute Gasteiger partial charge is 0.326 e. The van der Waals surface area contributed by atoms with Crippen LogP contribution in [0, 0.1) is 12.8 Å². The number of aryl methyl sites for hydroxylation is 1. The highest BCUT2D eigenvalue weighted by molar-refractivity contribution is 6.31. The van der Waals surface area contributed by atoms with Crippen molar-refractivity contribution in [2.75, 3.05) is 5.32 Å². The van der Waals surface area contributed by atoms with Crippen LogP contribution in [0.1, 0.15) is 35.7 Å². The summed E-state index contributed by atoms with van der Waals surface area (Å²) in [6, 6.07) is 8.47. The number of carbonyl (C=O) groups excluding carboxylic acids is 3. The molecule has 2 aromatic rings. The van der Waals surface area contributed by atoms with E-state index in [4.69, 9.17) is 11.6 Å².